The predicted molar refractivity (Wildman–Crippen MR) is 99.5 cm³/mol. The van der Waals surface area contributed by atoms with E-state index in [1.807, 2.05) is 25.7 Å². The highest BCUT2D eigenvalue weighted by Gasteiger charge is 2.50. The molecular formula is C16H20ClIN2O3. The molecule has 1 aromatic carbocycles. The molecule has 1 heterocycles. The first-order valence-electron chi connectivity index (χ1n) is 7.54. The third kappa shape index (κ3) is 3.21. The molecular weight excluding hydrogens is 431 g/mol. The molecule has 0 saturated carbocycles. The number of halogens is 2. The van der Waals surface area contributed by atoms with Crippen LogP contribution in [0.25, 0.3) is 0 Å². The molecule has 126 valence electrons. The summed E-state index contributed by atoms with van der Waals surface area (Å²) in [6, 6.07) is 2.99. The largest absolute Gasteiger partial charge is 0.479 e. The van der Waals surface area contributed by atoms with Crippen molar-refractivity contribution >= 4 is 51.6 Å². The molecule has 2 unspecified atom stereocenters. The van der Waals surface area contributed by atoms with E-state index in [1.54, 1.807) is 12.1 Å². The molecule has 2 atom stereocenters. The second-order valence-electron chi connectivity index (χ2n) is 5.71. The van der Waals surface area contributed by atoms with Crippen molar-refractivity contribution in [2.75, 3.05) is 18.4 Å². The topological polar surface area (TPSA) is 69.6 Å². The van der Waals surface area contributed by atoms with Crippen molar-refractivity contribution in [3.8, 4) is 0 Å². The van der Waals surface area contributed by atoms with Crippen LogP contribution in [0, 0.1) is 3.57 Å². The van der Waals surface area contributed by atoms with Gasteiger partial charge in [0, 0.05) is 26.7 Å². The summed E-state index contributed by atoms with van der Waals surface area (Å²) in [5.41, 5.74) is -0.331. The first-order valence-corrected chi connectivity index (χ1v) is 9.00. The first-order chi connectivity index (χ1) is 10.8. The van der Waals surface area contributed by atoms with E-state index in [4.69, 9.17) is 11.6 Å². The normalized spacial score (nSPS) is 21.7. The molecule has 0 fully saturated rings. The van der Waals surface area contributed by atoms with Crippen LogP contribution in [0.5, 0.6) is 0 Å². The summed E-state index contributed by atoms with van der Waals surface area (Å²) >= 11 is 8.14. The van der Waals surface area contributed by atoms with Crippen molar-refractivity contribution < 1.29 is 14.7 Å². The highest BCUT2D eigenvalue weighted by Crippen LogP contribution is 2.38. The zero-order valence-corrected chi connectivity index (χ0v) is 16.2. The van der Waals surface area contributed by atoms with Gasteiger partial charge in [-0.15, -0.1) is 0 Å². The number of benzene rings is 1. The summed E-state index contributed by atoms with van der Waals surface area (Å²) in [5.74, 6) is -1.19. The molecule has 0 radical (unpaired) electrons. The number of carbonyl (C=O) groups excluding carboxylic acids is 1. The summed E-state index contributed by atoms with van der Waals surface area (Å²) in [5, 5.41) is 13.5. The van der Waals surface area contributed by atoms with Crippen LogP contribution < -0.4 is 5.32 Å². The zero-order valence-electron chi connectivity index (χ0n) is 13.3. The Kier molecular flexibility index (Phi) is 5.58. The molecule has 2 rings (SSSR count). The van der Waals surface area contributed by atoms with Crippen molar-refractivity contribution in [1.29, 1.82) is 0 Å². The van der Waals surface area contributed by atoms with Gasteiger partial charge in [-0.1, -0.05) is 25.4 Å². The molecule has 23 heavy (non-hydrogen) atoms. The Hall–Kier alpha value is -0.860. The lowest BCUT2D eigenvalue weighted by molar-refractivity contribution is -0.144. The Labute approximate surface area is 154 Å². The zero-order chi connectivity index (χ0) is 17.4. The third-order valence-electron chi connectivity index (χ3n) is 4.59. The average molecular weight is 451 g/mol. The van der Waals surface area contributed by atoms with Crippen molar-refractivity contribution in [2.45, 2.75) is 38.8 Å². The van der Waals surface area contributed by atoms with Gasteiger partial charge >= 0.3 is 5.97 Å². The van der Waals surface area contributed by atoms with E-state index in [-0.39, 0.29) is 18.2 Å². The average Bonchev–Trinajstić information content (AvgIpc) is 2.46. The number of ketones is 1. The molecule has 0 amide bonds. The Morgan fingerprint density at radius 3 is 2.61 bits per heavy atom. The van der Waals surface area contributed by atoms with Gasteiger partial charge in [-0.3, -0.25) is 9.69 Å². The minimum atomic E-state index is -1.36. The number of likely N-dealkylation sites (N-methyl/N-ethyl adjacent to an activating group) is 1. The van der Waals surface area contributed by atoms with E-state index in [1.165, 1.54) is 0 Å². The summed E-state index contributed by atoms with van der Waals surface area (Å²) in [6.45, 7) is 7.23. The maximum absolute atomic E-state index is 12.7. The maximum Gasteiger partial charge on any atom is 0.331 e. The lowest BCUT2D eigenvalue weighted by Crippen LogP contribution is -2.63. The van der Waals surface area contributed by atoms with Crippen LogP contribution in [0.15, 0.2) is 12.1 Å². The standard InChI is InChI=1S/C16H20ClIN2O3/c1-4-20(5-2)9(3)16(15(22)23)8-13(21)14-11(18)6-10(17)7-12(14)19-16/h6-7,9,19H,4-5,8H2,1-3H3,(H,22,23). The maximum atomic E-state index is 12.7. The first kappa shape index (κ1) is 18.5. The van der Waals surface area contributed by atoms with E-state index in [0.717, 1.165) is 3.57 Å². The fourth-order valence-electron chi connectivity index (χ4n) is 3.22. The van der Waals surface area contributed by atoms with Crippen molar-refractivity contribution in [3.05, 3.63) is 26.3 Å². The molecule has 0 aliphatic carbocycles. The fraction of sp³-hybridized carbons (Fsp3) is 0.500. The van der Waals surface area contributed by atoms with Gasteiger partial charge in [-0.25, -0.2) is 4.79 Å². The van der Waals surface area contributed by atoms with Crippen molar-refractivity contribution in [1.82, 2.24) is 4.90 Å². The Morgan fingerprint density at radius 2 is 2.09 bits per heavy atom. The van der Waals surface area contributed by atoms with Gasteiger partial charge < -0.3 is 10.4 Å². The van der Waals surface area contributed by atoms with E-state index >= 15 is 0 Å². The number of hydrogen-bond acceptors (Lipinski definition) is 4. The molecule has 7 heteroatoms. The second kappa shape index (κ2) is 6.94. The van der Waals surface area contributed by atoms with Crippen LogP contribution in [-0.2, 0) is 4.79 Å². The van der Waals surface area contributed by atoms with E-state index in [9.17, 15) is 14.7 Å². The smallest absolute Gasteiger partial charge is 0.331 e. The second-order valence-corrected chi connectivity index (χ2v) is 7.31. The van der Waals surface area contributed by atoms with Gasteiger partial charge in [0.15, 0.2) is 11.3 Å². The quantitative estimate of drug-likeness (QED) is 0.672. The molecule has 2 N–H and O–H groups in total. The van der Waals surface area contributed by atoms with Crippen LogP contribution in [0.4, 0.5) is 5.69 Å². The summed E-state index contributed by atoms with van der Waals surface area (Å²) < 4.78 is 0.733. The van der Waals surface area contributed by atoms with Crippen LogP contribution in [0.2, 0.25) is 5.02 Å². The summed E-state index contributed by atoms with van der Waals surface area (Å²) in [6.07, 6.45) is -0.0787. The number of aliphatic carboxylic acids is 1. The number of nitrogens with zero attached hydrogens (tertiary/aromatic N) is 1. The van der Waals surface area contributed by atoms with E-state index in [2.05, 4.69) is 27.9 Å². The molecule has 1 aliphatic heterocycles. The van der Waals surface area contributed by atoms with Crippen molar-refractivity contribution in [3.63, 3.8) is 0 Å². The third-order valence-corrected chi connectivity index (χ3v) is 5.65. The number of hydrogen-bond donors (Lipinski definition) is 2. The summed E-state index contributed by atoms with van der Waals surface area (Å²) in [7, 11) is 0. The highest BCUT2D eigenvalue weighted by molar-refractivity contribution is 14.1. The van der Waals surface area contributed by atoms with Crippen LogP contribution >= 0.6 is 34.2 Å². The van der Waals surface area contributed by atoms with Gasteiger partial charge in [0.25, 0.3) is 0 Å². The van der Waals surface area contributed by atoms with Crippen LogP contribution in [0.1, 0.15) is 37.6 Å². The van der Waals surface area contributed by atoms with Gasteiger partial charge in [0.1, 0.15) is 0 Å². The molecule has 0 bridgehead atoms. The Bertz CT molecular complexity index is 648. The molecule has 1 aliphatic rings. The summed E-state index contributed by atoms with van der Waals surface area (Å²) in [4.78, 5) is 26.8. The van der Waals surface area contributed by atoms with Crippen LogP contribution in [-0.4, -0.2) is 46.4 Å². The number of carboxylic acids is 1. The number of anilines is 1. The molecule has 1 aromatic rings. The number of fused-ring (bicyclic) bond motifs is 1. The lowest BCUT2D eigenvalue weighted by Gasteiger charge is -2.44. The number of rotatable bonds is 5. The molecule has 0 saturated heterocycles. The predicted octanol–water partition coefficient (Wildman–Crippen LogP) is 3.50. The van der Waals surface area contributed by atoms with Gasteiger partial charge in [-0.05, 0) is 54.7 Å². The molecule has 0 aromatic heterocycles. The number of nitrogens with one attached hydrogen (secondary N) is 1. The molecule has 5 nitrogen and oxygen atoms in total. The number of Topliss-reactive ketones (excluding diaryl/α,β-unsaturated/α-hetero) is 1. The minimum absolute atomic E-state index is 0.0787. The van der Waals surface area contributed by atoms with Gasteiger partial charge in [-0.2, -0.15) is 0 Å². The lowest BCUT2D eigenvalue weighted by atomic mass is 9.79. The number of carbonyl (C=O) groups is 2. The monoisotopic (exact) mass is 450 g/mol. The Balaban J connectivity index is 2.56. The number of carboxylic acid groups (broad SMARTS) is 1. The van der Waals surface area contributed by atoms with Crippen LogP contribution in [0.3, 0.4) is 0 Å². The molecule has 0 spiro atoms. The fourth-order valence-corrected chi connectivity index (χ4v) is 4.55. The Morgan fingerprint density at radius 1 is 1.48 bits per heavy atom. The highest BCUT2D eigenvalue weighted by atomic mass is 127. The van der Waals surface area contributed by atoms with Gasteiger partial charge in [0.05, 0.1) is 5.56 Å². The minimum Gasteiger partial charge on any atom is -0.479 e. The van der Waals surface area contributed by atoms with Gasteiger partial charge in [0.2, 0.25) is 0 Å². The van der Waals surface area contributed by atoms with Crippen molar-refractivity contribution in [2.24, 2.45) is 0 Å². The van der Waals surface area contributed by atoms with E-state index < -0.39 is 11.5 Å². The SMILES string of the molecule is CCN(CC)C(C)C1(C(=O)O)CC(=O)c2c(I)cc(Cl)cc2N1. The van der Waals surface area contributed by atoms with E-state index in [0.29, 0.717) is 29.4 Å².